The lowest BCUT2D eigenvalue weighted by Crippen LogP contribution is -2.59. The maximum absolute atomic E-state index is 10.2. The van der Waals surface area contributed by atoms with Gasteiger partial charge in [-0.2, -0.15) is 0 Å². The Balaban J connectivity index is 1.51. The second-order valence-corrected chi connectivity index (χ2v) is 8.07. The van der Waals surface area contributed by atoms with Gasteiger partial charge in [0.25, 0.3) is 0 Å². The summed E-state index contributed by atoms with van der Waals surface area (Å²) in [6.45, 7) is -0.511. The lowest BCUT2D eigenvalue weighted by Gasteiger charge is -2.39. The first-order valence-electron chi connectivity index (χ1n) is 11.6. The van der Waals surface area contributed by atoms with Crippen LogP contribution >= 0.6 is 0 Å². The predicted molar refractivity (Wildman–Crippen MR) is 132 cm³/mol. The monoisotopic (exact) mass is 502 g/mol. The summed E-state index contributed by atoms with van der Waals surface area (Å²) in [6, 6.07) is 12.7. The number of aromatic nitrogens is 2. The van der Waals surface area contributed by atoms with E-state index in [2.05, 4.69) is 33.6 Å². The van der Waals surface area contributed by atoms with Gasteiger partial charge in [0.05, 0.1) is 24.3 Å². The molecule has 9 nitrogen and oxygen atoms in total. The highest BCUT2D eigenvalue weighted by molar-refractivity contribution is 5.59. The van der Waals surface area contributed by atoms with E-state index in [9.17, 15) is 20.4 Å². The van der Waals surface area contributed by atoms with Crippen LogP contribution in [0.3, 0.4) is 0 Å². The first-order valence-corrected chi connectivity index (χ1v) is 11.6. The molecular weight excluding hydrogens is 476 g/mol. The lowest BCUT2D eigenvalue weighted by molar-refractivity contribution is -0.301. The number of rotatable bonds is 6. The second-order valence-electron chi connectivity index (χ2n) is 8.07. The summed E-state index contributed by atoms with van der Waals surface area (Å²) in [5, 5.41) is 39.3. The van der Waals surface area contributed by atoms with Gasteiger partial charge < -0.3 is 34.6 Å². The number of hydrogen-bond donors (Lipinski definition) is 4. The average Bonchev–Trinajstić information content (AvgIpc) is 2.94. The van der Waals surface area contributed by atoms with Crippen LogP contribution in [0.4, 0.5) is 0 Å². The first kappa shape index (κ1) is 26.3. The van der Waals surface area contributed by atoms with Crippen LogP contribution < -0.4 is 4.74 Å². The summed E-state index contributed by atoms with van der Waals surface area (Å²) < 4.78 is 16.9. The maximum atomic E-state index is 10.2. The van der Waals surface area contributed by atoms with E-state index in [-0.39, 0.29) is 13.2 Å². The molecule has 0 radical (unpaired) electrons. The Kier molecular flexibility index (Phi) is 9.19. The fraction of sp³-hybridized carbons (Fsp3) is 0.286. The third-order valence-corrected chi connectivity index (χ3v) is 5.52. The summed E-state index contributed by atoms with van der Waals surface area (Å²) in [5.41, 5.74) is 2.82. The fourth-order valence-corrected chi connectivity index (χ4v) is 3.55. The van der Waals surface area contributed by atoms with Crippen molar-refractivity contribution in [2.45, 2.75) is 30.7 Å². The van der Waals surface area contributed by atoms with Crippen LogP contribution in [0, 0.1) is 23.7 Å². The number of ether oxygens (including phenoxy) is 3. The van der Waals surface area contributed by atoms with Crippen molar-refractivity contribution in [1.82, 2.24) is 9.97 Å². The van der Waals surface area contributed by atoms with Gasteiger partial charge in [0.15, 0.2) is 12.0 Å². The average molecular weight is 503 g/mol. The van der Waals surface area contributed by atoms with Gasteiger partial charge in [0.1, 0.15) is 31.0 Å². The van der Waals surface area contributed by atoms with E-state index in [0.717, 1.165) is 11.1 Å². The van der Waals surface area contributed by atoms with Crippen LogP contribution in [-0.4, -0.2) is 80.9 Å². The van der Waals surface area contributed by atoms with Gasteiger partial charge in [-0.25, -0.2) is 0 Å². The van der Waals surface area contributed by atoms with Crippen molar-refractivity contribution in [3.63, 3.8) is 0 Å². The van der Waals surface area contributed by atoms with E-state index in [4.69, 9.17) is 14.2 Å². The summed E-state index contributed by atoms with van der Waals surface area (Å²) in [7, 11) is 0. The summed E-state index contributed by atoms with van der Waals surface area (Å²) in [6.07, 6.45) is -0.112. The summed E-state index contributed by atoms with van der Waals surface area (Å²) in [5.74, 6) is 12.9. The Labute approximate surface area is 214 Å². The Morgan fingerprint density at radius 2 is 1.30 bits per heavy atom. The number of nitrogens with zero attached hydrogens (tertiary/aromatic N) is 2. The van der Waals surface area contributed by atoms with Crippen LogP contribution in [0.5, 0.6) is 5.75 Å². The largest absolute Gasteiger partial charge is 0.489 e. The van der Waals surface area contributed by atoms with Crippen molar-refractivity contribution in [3.8, 4) is 29.4 Å². The third kappa shape index (κ3) is 6.91. The summed E-state index contributed by atoms with van der Waals surface area (Å²) in [4.78, 5) is 7.99. The molecule has 4 rings (SSSR count). The molecule has 1 aliphatic heterocycles. The highest BCUT2D eigenvalue weighted by atomic mass is 16.7. The molecule has 1 saturated heterocycles. The molecule has 3 aromatic rings. The van der Waals surface area contributed by atoms with Crippen LogP contribution in [0.25, 0.3) is 0 Å². The van der Waals surface area contributed by atoms with Crippen molar-refractivity contribution in [2.24, 2.45) is 0 Å². The highest BCUT2D eigenvalue weighted by Crippen LogP contribution is 2.24. The Morgan fingerprint density at radius 3 is 1.84 bits per heavy atom. The molecule has 1 aromatic carbocycles. The van der Waals surface area contributed by atoms with Crippen LogP contribution in [0.1, 0.15) is 22.3 Å². The molecule has 0 bridgehead atoms. The van der Waals surface area contributed by atoms with Gasteiger partial charge in [0.2, 0.25) is 0 Å². The van der Waals surface area contributed by atoms with Gasteiger partial charge >= 0.3 is 0 Å². The molecular formula is C28H26N2O7. The van der Waals surface area contributed by atoms with E-state index in [1.807, 2.05) is 18.2 Å². The molecule has 5 atom stereocenters. The number of hydrogen-bond acceptors (Lipinski definition) is 9. The zero-order chi connectivity index (χ0) is 26.0. The smallest absolute Gasteiger partial charge is 0.186 e. The predicted octanol–water partition coefficient (Wildman–Crippen LogP) is 0.472. The number of aliphatic hydroxyl groups is 4. The fourth-order valence-electron chi connectivity index (χ4n) is 3.55. The Hall–Kier alpha value is -3.80. The topological polar surface area (TPSA) is 134 Å². The molecule has 0 spiro atoms. The van der Waals surface area contributed by atoms with Gasteiger partial charge in [0, 0.05) is 35.9 Å². The van der Waals surface area contributed by atoms with Gasteiger partial charge in [-0.05, 0) is 36.4 Å². The molecule has 0 amide bonds. The number of pyridine rings is 2. The molecule has 2 aromatic heterocycles. The van der Waals surface area contributed by atoms with Gasteiger partial charge in [-0.3, -0.25) is 9.97 Å². The summed E-state index contributed by atoms with van der Waals surface area (Å²) >= 11 is 0. The molecule has 0 aliphatic carbocycles. The van der Waals surface area contributed by atoms with Crippen LogP contribution in [0.15, 0.2) is 67.3 Å². The number of aliphatic hydroxyl groups excluding tert-OH is 4. The van der Waals surface area contributed by atoms with Crippen molar-refractivity contribution in [1.29, 1.82) is 0 Å². The Bertz CT molecular complexity index is 1200. The van der Waals surface area contributed by atoms with E-state index in [0.29, 0.717) is 16.9 Å². The van der Waals surface area contributed by atoms with E-state index >= 15 is 0 Å². The maximum Gasteiger partial charge on any atom is 0.186 e. The van der Waals surface area contributed by atoms with E-state index in [1.54, 1.807) is 49.1 Å². The third-order valence-electron chi connectivity index (χ3n) is 5.52. The SMILES string of the molecule is OCC1O[C@@H](OCCOc2c(C#Cc3ccncc3)cccc2C#Cc2ccncc2)C(O)[C@@H](O)[C@@H]1O. The highest BCUT2D eigenvalue weighted by Gasteiger charge is 2.43. The molecule has 2 unspecified atom stereocenters. The zero-order valence-corrected chi connectivity index (χ0v) is 19.8. The zero-order valence-electron chi connectivity index (χ0n) is 19.8. The normalized spacial score (nSPS) is 22.8. The number of para-hydroxylation sites is 1. The molecule has 1 fully saturated rings. The van der Waals surface area contributed by atoms with Gasteiger partial charge in [-0.15, -0.1) is 0 Å². The molecule has 0 saturated carbocycles. The molecule has 190 valence electrons. The van der Waals surface area contributed by atoms with E-state index in [1.165, 1.54) is 0 Å². The quantitative estimate of drug-likeness (QED) is 0.280. The molecule has 1 aliphatic rings. The molecule has 37 heavy (non-hydrogen) atoms. The van der Waals surface area contributed by atoms with E-state index < -0.39 is 37.3 Å². The van der Waals surface area contributed by atoms with Gasteiger partial charge in [-0.1, -0.05) is 29.7 Å². The van der Waals surface area contributed by atoms with Crippen LogP contribution in [0.2, 0.25) is 0 Å². The lowest BCUT2D eigenvalue weighted by atomic mass is 9.99. The van der Waals surface area contributed by atoms with Crippen LogP contribution in [-0.2, 0) is 9.47 Å². The second kappa shape index (κ2) is 12.9. The minimum absolute atomic E-state index is 0.0218. The first-order chi connectivity index (χ1) is 18.1. The number of benzene rings is 1. The Morgan fingerprint density at radius 1 is 0.730 bits per heavy atom. The minimum atomic E-state index is -1.52. The van der Waals surface area contributed by atoms with Crippen molar-refractivity contribution in [2.75, 3.05) is 19.8 Å². The molecule has 4 N–H and O–H groups in total. The van der Waals surface area contributed by atoms with Crippen molar-refractivity contribution >= 4 is 0 Å². The molecule has 9 heteroatoms. The minimum Gasteiger partial charge on any atom is -0.489 e. The van der Waals surface area contributed by atoms with Crippen molar-refractivity contribution in [3.05, 3.63) is 89.5 Å². The molecule has 3 heterocycles. The van der Waals surface area contributed by atoms with Crippen molar-refractivity contribution < 1.29 is 34.6 Å². The standard InChI is InChI=1S/C28H26N2O7/c31-18-23-24(32)25(33)26(34)28(37-23)36-17-16-35-27-21(6-4-19-8-12-29-13-9-19)2-1-3-22(27)7-5-20-10-14-30-15-11-20/h1-3,8-15,23-26,28,31-34H,16-18H2/t23?,24-,25+,26?,28-/m1/s1.